The van der Waals surface area contributed by atoms with Gasteiger partial charge in [-0.05, 0) is 68.6 Å². The maximum Gasteiger partial charge on any atom is 0.330 e. The van der Waals surface area contributed by atoms with Crippen molar-refractivity contribution >= 4 is 33.3 Å². The van der Waals surface area contributed by atoms with E-state index in [9.17, 15) is 14.4 Å². The highest BCUT2D eigenvalue weighted by Crippen LogP contribution is 2.65. The number of nitrogen functional groups attached to an aromatic ring is 1. The molecule has 0 spiro atoms. The minimum absolute atomic E-state index is 0.00845. The Kier molecular flexibility index (Phi) is 6.14. The summed E-state index contributed by atoms with van der Waals surface area (Å²) >= 11 is 4.03. The van der Waals surface area contributed by atoms with E-state index in [0.29, 0.717) is 37.8 Å². The molecule has 3 N–H and O–H groups in total. The molecule has 4 bridgehead atoms. The van der Waals surface area contributed by atoms with Crippen molar-refractivity contribution in [2.24, 2.45) is 17.3 Å². The van der Waals surface area contributed by atoms with Gasteiger partial charge in [-0.15, -0.1) is 0 Å². The van der Waals surface area contributed by atoms with Gasteiger partial charge in [0.2, 0.25) is 5.91 Å². The van der Waals surface area contributed by atoms with Crippen molar-refractivity contribution in [2.75, 3.05) is 17.2 Å². The SMILES string of the molecule is CCCCN(C(=O)CC12C[C@@H]3C[C@@H](CC(Br)(C3)C1)C2)c1c(N)n(CCC)c(=O)[nH]c1=O. The second-order valence-electron chi connectivity index (χ2n) is 10.3. The number of carbonyl (C=O) groups is 1. The summed E-state index contributed by atoms with van der Waals surface area (Å²) in [5.74, 6) is 1.45. The number of nitrogens with two attached hydrogens (primary N) is 1. The van der Waals surface area contributed by atoms with E-state index in [2.05, 4.69) is 27.8 Å². The van der Waals surface area contributed by atoms with E-state index in [1.807, 2.05) is 6.92 Å². The summed E-state index contributed by atoms with van der Waals surface area (Å²) in [6, 6.07) is 0. The molecule has 4 saturated carbocycles. The second-order valence-corrected chi connectivity index (χ2v) is 12.0. The van der Waals surface area contributed by atoms with Gasteiger partial charge in [-0.2, -0.15) is 0 Å². The van der Waals surface area contributed by atoms with Crippen LogP contribution in [0.5, 0.6) is 0 Å². The first kappa shape index (κ1) is 22.6. The van der Waals surface area contributed by atoms with Crippen molar-refractivity contribution in [1.82, 2.24) is 9.55 Å². The number of nitrogens with one attached hydrogen (secondary N) is 1. The lowest BCUT2D eigenvalue weighted by Gasteiger charge is -2.60. The van der Waals surface area contributed by atoms with Gasteiger partial charge in [0, 0.05) is 23.8 Å². The molecule has 4 aliphatic carbocycles. The zero-order valence-electron chi connectivity index (χ0n) is 18.7. The zero-order valence-corrected chi connectivity index (χ0v) is 20.3. The molecular weight excluding hydrogens is 460 g/mol. The monoisotopic (exact) mass is 494 g/mol. The Morgan fingerprint density at radius 1 is 1.19 bits per heavy atom. The highest BCUT2D eigenvalue weighted by Gasteiger charge is 2.57. The Labute approximate surface area is 191 Å². The number of anilines is 2. The van der Waals surface area contributed by atoms with Crippen LogP contribution in [-0.4, -0.2) is 26.3 Å². The molecule has 1 aromatic heterocycles. The number of carbonyl (C=O) groups excluding carboxylic acids is 1. The normalized spacial score (nSPS) is 31.2. The van der Waals surface area contributed by atoms with E-state index < -0.39 is 11.2 Å². The van der Waals surface area contributed by atoms with Crippen LogP contribution in [0, 0.1) is 17.3 Å². The van der Waals surface area contributed by atoms with Gasteiger partial charge < -0.3 is 10.6 Å². The number of rotatable bonds is 8. The minimum atomic E-state index is -0.568. The van der Waals surface area contributed by atoms with Gasteiger partial charge in [0.25, 0.3) is 5.56 Å². The molecule has 172 valence electrons. The lowest BCUT2D eigenvalue weighted by atomic mass is 9.48. The van der Waals surface area contributed by atoms with Crippen LogP contribution in [0.3, 0.4) is 0 Å². The number of aromatic nitrogens is 2. The molecule has 31 heavy (non-hydrogen) atoms. The van der Waals surface area contributed by atoms with Gasteiger partial charge >= 0.3 is 5.69 Å². The number of nitrogens with zero attached hydrogens (tertiary/aromatic N) is 2. The summed E-state index contributed by atoms with van der Waals surface area (Å²) in [6.07, 6.45) is 9.78. The van der Waals surface area contributed by atoms with Crippen LogP contribution < -0.4 is 21.9 Å². The molecule has 0 saturated heterocycles. The van der Waals surface area contributed by atoms with Gasteiger partial charge in [-0.3, -0.25) is 19.1 Å². The number of alkyl halides is 1. The first-order valence-electron chi connectivity index (χ1n) is 11.8. The average Bonchev–Trinajstić information content (AvgIpc) is 2.65. The molecule has 8 heteroatoms. The topological polar surface area (TPSA) is 101 Å². The minimum Gasteiger partial charge on any atom is -0.383 e. The van der Waals surface area contributed by atoms with E-state index in [4.69, 9.17) is 5.73 Å². The fourth-order valence-electron chi connectivity index (χ4n) is 6.92. The molecule has 1 amide bonds. The first-order chi connectivity index (χ1) is 14.7. The number of hydrogen-bond acceptors (Lipinski definition) is 4. The first-order valence-corrected chi connectivity index (χ1v) is 12.6. The smallest absolute Gasteiger partial charge is 0.330 e. The van der Waals surface area contributed by atoms with E-state index in [-0.39, 0.29) is 27.2 Å². The molecule has 7 nitrogen and oxygen atoms in total. The van der Waals surface area contributed by atoms with Crippen molar-refractivity contribution in [3.63, 3.8) is 0 Å². The summed E-state index contributed by atoms with van der Waals surface area (Å²) in [5.41, 5.74) is 5.37. The third-order valence-electron chi connectivity index (χ3n) is 7.60. The van der Waals surface area contributed by atoms with Crippen LogP contribution >= 0.6 is 15.9 Å². The van der Waals surface area contributed by atoms with Crippen LogP contribution in [-0.2, 0) is 11.3 Å². The third kappa shape index (κ3) is 4.24. The quantitative estimate of drug-likeness (QED) is 0.536. The van der Waals surface area contributed by atoms with Gasteiger partial charge in [0.1, 0.15) is 5.82 Å². The predicted molar refractivity (Wildman–Crippen MR) is 127 cm³/mol. The van der Waals surface area contributed by atoms with Crippen molar-refractivity contribution in [3.8, 4) is 0 Å². The summed E-state index contributed by atoms with van der Waals surface area (Å²) < 4.78 is 1.55. The number of aromatic amines is 1. The van der Waals surface area contributed by atoms with Gasteiger partial charge in [0.15, 0.2) is 5.69 Å². The molecule has 2 unspecified atom stereocenters. The molecular formula is C23H35BrN4O3. The van der Waals surface area contributed by atoms with Crippen molar-refractivity contribution < 1.29 is 4.79 Å². The molecule has 0 aromatic carbocycles. The van der Waals surface area contributed by atoms with Crippen molar-refractivity contribution in [1.29, 1.82) is 0 Å². The molecule has 0 radical (unpaired) electrons. The molecule has 4 atom stereocenters. The predicted octanol–water partition coefficient (Wildman–Crippen LogP) is 3.79. The number of hydrogen-bond donors (Lipinski definition) is 2. The van der Waals surface area contributed by atoms with Gasteiger partial charge in [-0.25, -0.2) is 4.79 Å². The zero-order chi connectivity index (χ0) is 22.4. The summed E-state index contributed by atoms with van der Waals surface area (Å²) in [5, 5.41) is 0. The number of unbranched alkanes of at least 4 members (excludes halogenated alkanes) is 1. The van der Waals surface area contributed by atoms with E-state index in [0.717, 1.165) is 32.1 Å². The maximum atomic E-state index is 13.7. The lowest BCUT2D eigenvalue weighted by Crippen LogP contribution is -2.54. The van der Waals surface area contributed by atoms with Crippen molar-refractivity contribution in [2.45, 2.75) is 88.9 Å². The summed E-state index contributed by atoms with van der Waals surface area (Å²) in [4.78, 5) is 42.7. The Morgan fingerprint density at radius 3 is 2.45 bits per heavy atom. The Bertz CT molecular complexity index is 955. The summed E-state index contributed by atoms with van der Waals surface area (Å²) in [7, 11) is 0. The van der Waals surface area contributed by atoms with E-state index in [1.54, 1.807) is 4.90 Å². The van der Waals surface area contributed by atoms with E-state index >= 15 is 0 Å². The highest BCUT2D eigenvalue weighted by molar-refractivity contribution is 9.10. The van der Waals surface area contributed by atoms with Crippen LogP contribution in [0.4, 0.5) is 11.5 Å². The largest absolute Gasteiger partial charge is 0.383 e. The Hall–Kier alpha value is -1.57. The second kappa shape index (κ2) is 8.41. The lowest BCUT2D eigenvalue weighted by molar-refractivity contribution is -0.125. The highest BCUT2D eigenvalue weighted by atomic mass is 79.9. The Balaban J connectivity index is 1.66. The van der Waals surface area contributed by atoms with Crippen LogP contribution in [0.25, 0.3) is 0 Å². The molecule has 0 aliphatic heterocycles. The van der Waals surface area contributed by atoms with Crippen LogP contribution in [0.15, 0.2) is 9.59 Å². The van der Waals surface area contributed by atoms with Gasteiger partial charge in [-0.1, -0.05) is 36.2 Å². The van der Waals surface area contributed by atoms with Gasteiger partial charge in [0.05, 0.1) is 0 Å². The number of H-pyrrole nitrogens is 1. The Morgan fingerprint density at radius 2 is 1.87 bits per heavy atom. The fraction of sp³-hybridized carbons (Fsp3) is 0.783. The average molecular weight is 495 g/mol. The van der Waals surface area contributed by atoms with E-state index in [1.165, 1.54) is 23.8 Å². The van der Waals surface area contributed by atoms with Crippen LogP contribution in [0.1, 0.15) is 78.1 Å². The van der Waals surface area contributed by atoms with Crippen molar-refractivity contribution in [3.05, 3.63) is 20.8 Å². The fourth-order valence-corrected chi connectivity index (χ4v) is 8.43. The molecule has 4 fully saturated rings. The van der Waals surface area contributed by atoms with Crippen LogP contribution in [0.2, 0.25) is 0 Å². The summed E-state index contributed by atoms with van der Waals surface area (Å²) in [6.45, 7) is 4.85. The molecule has 1 heterocycles. The number of halogens is 1. The standard InChI is InChI=1S/C23H35BrN4O3/c1-3-5-7-27(18-19(25)28(6-4-2)21(31)26-20(18)30)17(29)13-22-9-15-8-16(10-22)12-23(24,11-15)14-22/h15-16H,3-14,25H2,1-2H3,(H,26,30,31)/t15-,16+,22?,23?. The molecule has 4 aliphatic rings. The molecule has 1 aromatic rings. The number of amides is 1. The maximum absolute atomic E-state index is 13.7. The molecule has 5 rings (SSSR count). The third-order valence-corrected chi connectivity index (χ3v) is 8.53.